The van der Waals surface area contributed by atoms with Gasteiger partial charge in [-0.25, -0.2) is 28.5 Å². The highest BCUT2D eigenvalue weighted by molar-refractivity contribution is 6.06. The molecular weight excluding hydrogens is 664 g/mol. The number of rotatable bonds is 6. The Morgan fingerprint density at radius 2 is 1.96 bits per heavy atom. The lowest BCUT2D eigenvalue weighted by Gasteiger charge is -2.53. The number of fused-ring (bicyclic) bond motifs is 3. The summed E-state index contributed by atoms with van der Waals surface area (Å²) in [4.78, 5) is 29.2. The minimum atomic E-state index is -2.99. The van der Waals surface area contributed by atoms with Crippen molar-refractivity contribution in [1.82, 2.24) is 24.7 Å². The second-order valence-electron chi connectivity index (χ2n) is 13.2. The molecule has 4 aromatic heterocycles. The van der Waals surface area contributed by atoms with Gasteiger partial charge in [0.25, 0.3) is 6.43 Å². The zero-order valence-corrected chi connectivity index (χ0v) is 28.4. The van der Waals surface area contributed by atoms with Gasteiger partial charge in [0.05, 0.1) is 49.4 Å². The second-order valence-corrected chi connectivity index (χ2v) is 13.2. The topological polar surface area (TPSA) is 141 Å². The molecule has 0 bridgehead atoms. The van der Waals surface area contributed by atoms with Gasteiger partial charge < -0.3 is 33.5 Å². The number of carbonyl (C=O) groups is 1. The van der Waals surface area contributed by atoms with Crippen LogP contribution in [0.2, 0.25) is 0 Å². The molecule has 3 fully saturated rings. The number of hydrogen-bond donors (Lipinski definition) is 1. The molecule has 5 aromatic rings. The number of anilines is 2. The zero-order chi connectivity index (χ0) is 35.6. The molecule has 3 aliphatic heterocycles. The average molecular weight is 700 g/mol. The van der Waals surface area contributed by atoms with Gasteiger partial charge in [-0.15, -0.1) is 0 Å². The van der Waals surface area contributed by atoms with Crippen LogP contribution < -0.4 is 14.5 Å². The highest BCUT2D eigenvalue weighted by Crippen LogP contribution is 2.41. The fourth-order valence-electron chi connectivity index (χ4n) is 7.19. The summed E-state index contributed by atoms with van der Waals surface area (Å²) in [6, 6.07) is 7.58. The number of benzene rings is 1. The van der Waals surface area contributed by atoms with Crippen LogP contribution in [-0.4, -0.2) is 92.5 Å². The number of pyridine rings is 1. The fourth-order valence-corrected chi connectivity index (χ4v) is 7.19. The van der Waals surface area contributed by atoms with Gasteiger partial charge in [0.15, 0.2) is 17.2 Å². The van der Waals surface area contributed by atoms with Crippen LogP contribution in [0, 0.1) is 25.7 Å². The standard InChI is InChI=1S/C36H35F2N7O6/c1-19-24(20(2)43(4)42-19)10-9-22-13-26(44-11-12-49-36(21(44)3)17-48-18-36)34(39-15-22)50-23-14-27(35(46)47)45(16-23)33-30-29(40-32(41-33)31(37)38)25-7-5-6-8-28(25)51-30/h5-8,13,15,21,23,27,31H,11-12,14,16-18H2,1-4H3,(H,46,47)/t21-,23-,27-/m0/s1. The monoisotopic (exact) mass is 699 g/mol. The average Bonchev–Trinajstić information content (AvgIpc) is 3.76. The van der Waals surface area contributed by atoms with Gasteiger partial charge in [-0.05, 0) is 39.0 Å². The minimum Gasteiger partial charge on any atom is -0.480 e. The number of furan rings is 1. The number of carboxylic acid groups (broad SMARTS) is 1. The maximum Gasteiger partial charge on any atom is 0.326 e. The van der Waals surface area contributed by atoms with E-state index in [2.05, 4.69) is 38.7 Å². The first kappa shape index (κ1) is 32.9. The molecule has 0 unspecified atom stereocenters. The number of alkyl halides is 2. The number of ether oxygens (including phenoxy) is 3. The van der Waals surface area contributed by atoms with E-state index in [9.17, 15) is 18.7 Å². The van der Waals surface area contributed by atoms with Gasteiger partial charge in [0.1, 0.15) is 34.5 Å². The number of nitrogens with zero attached hydrogens (tertiary/aromatic N) is 7. The number of para-hydroxylation sites is 1. The molecule has 1 aromatic carbocycles. The number of aliphatic carboxylic acids is 1. The Balaban J connectivity index is 1.16. The molecule has 0 saturated carbocycles. The van der Waals surface area contributed by atoms with E-state index < -0.39 is 36.0 Å². The van der Waals surface area contributed by atoms with E-state index in [1.165, 1.54) is 4.90 Å². The minimum absolute atomic E-state index is 0.0154. The van der Waals surface area contributed by atoms with Crippen LogP contribution in [0.1, 0.15) is 48.1 Å². The quantitative estimate of drug-likeness (QED) is 0.249. The molecule has 1 N–H and O–H groups in total. The van der Waals surface area contributed by atoms with Crippen molar-refractivity contribution in [2.45, 2.75) is 57.4 Å². The lowest BCUT2D eigenvalue weighted by atomic mass is 9.90. The van der Waals surface area contributed by atoms with Crippen LogP contribution in [0.15, 0.2) is 40.9 Å². The fraction of sp³-hybridized carbons (Fsp3) is 0.417. The van der Waals surface area contributed by atoms with E-state index in [0.29, 0.717) is 54.5 Å². The summed E-state index contributed by atoms with van der Waals surface area (Å²) in [5.41, 5.74) is 4.21. The largest absolute Gasteiger partial charge is 0.480 e. The first-order valence-corrected chi connectivity index (χ1v) is 16.7. The third kappa shape index (κ3) is 5.59. The zero-order valence-electron chi connectivity index (χ0n) is 28.4. The molecule has 1 spiro atoms. The Hall–Kier alpha value is -5.33. The van der Waals surface area contributed by atoms with Crippen LogP contribution in [0.5, 0.6) is 5.88 Å². The number of carboxylic acids is 1. The van der Waals surface area contributed by atoms with Gasteiger partial charge in [-0.2, -0.15) is 5.10 Å². The number of aryl methyl sites for hydroxylation is 2. The van der Waals surface area contributed by atoms with E-state index in [-0.39, 0.29) is 35.9 Å². The molecule has 51 heavy (non-hydrogen) atoms. The summed E-state index contributed by atoms with van der Waals surface area (Å²) in [5, 5.41) is 15.3. The van der Waals surface area contributed by atoms with E-state index >= 15 is 0 Å². The van der Waals surface area contributed by atoms with Crippen molar-refractivity contribution in [3.8, 4) is 17.7 Å². The Labute approximate surface area is 291 Å². The molecular formula is C36H35F2N7O6. The Morgan fingerprint density at radius 1 is 1.16 bits per heavy atom. The SMILES string of the molecule is Cc1nn(C)c(C)c1C#Cc1cnc(O[C@H]2C[C@@H](C(=O)O)N(c3nc(C(F)F)nc4c3oc3ccccc34)C2)c(N2CCOC3(COC3)[C@@H]2C)c1. The number of morpholine rings is 1. The molecule has 3 saturated heterocycles. The molecule has 0 amide bonds. The highest BCUT2D eigenvalue weighted by atomic mass is 19.3. The van der Waals surface area contributed by atoms with Gasteiger partial charge in [-0.3, -0.25) is 4.68 Å². The predicted octanol–water partition coefficient (Wildman–Crippen LogP) is 4.56. The summed E-state index contributed by atoms with van der Waals surface area (Å²) >= 11 is 0. The smallest absolute Gasteiger partial charge is 0.326 e. The van der Waals surface area contributed by atoms with Gasteiger partial charge in [-0.1, -0.05) is 24.0 Å². The van der Waals surface area contributed by atoms with Crippen molar-refractivity contribution in [2.24, 2.45) is 7.05 Å². The lowest BCUT2D eigenvalue weighted by molar-refractivity contribution is -0.228. The van der Waals surface area contributed by atoms with Gasteiger partial charge >= 0.3 is 5.97 Å². The van der Waals surface area contributed by atoms with Gasteiger partial charge in [0, 0.05) is 37.2 Å². The van der Waals surface area contributed by atoms with Crippen molar-refractivity contribution in [1.29, 1.82) is 0 Å². The summed E-state index contributed by atoms with van der Waals surface area (Å²) in [7, 11) is 1.87. The molecule has 0 aliphatic carbocycles. The third-order valence-corrected chi connectivity index (χ3v) is 10.1. The van der Waals surface area contributed by atoms with Crippen molar-refractivity contribution in [3.05, 3.63) is 64.9 Å². The van der Waals surface area contributed by atoms with Crippen molar-refractivity contribution < 1.29 is 37.3 Å². The second kappa shape index (κ2) is 12.5. The Morgan fingerprint density at radius 3 is 2.67 bits per heavy atom. The van der Waals surface area contributed by atoms with E-state index in [4.69, 9.17) is 23.6 Å². The molecule has 264 valence electrons. The maximum absolute atomic E-state index is 14.1. The molecule has 13 nitrogen and oxygen atoms in total. The lowest BCUT2D eigenvalue weighted by Crippen LogP contribution is -2.68. The van der Waals surface area contributed by atoms with E-state index in [1.807, 2.05) is 27.0 Å². The summed E-state index contributed by atoms with van der Waals surface area (Å²) in [6.45, 7) is 7.89. The first-order valence-electron chi connectivity index (χ1n) is 16.7. The summed E-state index contributed by atoms with van der Waals surface area (Å²) < 4.78 is 54.3. The van der Waals surface area contributed by atoms with E-state index in [1.54, 1.807) is 35.1 Å². The molecule has 3 atom stereocenters. The van der Waals surface area contributed by atoms with Crippen molar-refractivity contribution >= 4 is 39.5 Å². The van der Waals surface area contributed by atoms with Crippen LogP contribution in [0.4, 0.5) is 20.3 Å². The summed E-state index contributed by atoms with van der Waals surface area (Å²) in [5.74, 6) is 4.87. The number of hydrogen-bond acceptors (Lipinski definition) is 11. The maximum atomic E-state index is 14.1. The predicted molar refractivity (Wildman–Crippen MR) is 181 cm³/mol. The molecule has 3 aliphatic rings. The van der Waals surface area contributed by atoms with Crippen molar-refractivity contribution in [3.63, 3.8) is 0 Å². The number of halogens is 2. The molecule has 0 radical (unpaired) electrons. The van der Waals surface area contributed by atoms with Gasteiger partial charge in [0.2, 0.25) is 5.88 Å². The first-order chi connectivity index (χ1) is 24.5. The number of aromatic nitrogens is 5. The molecule has 7 heterocycles. The van der Waals surface area contributed by atoms with Crippen molar-refractivity contribution in [2.75, 3.05) is 42.7 Å². The summed E-state index contributed by atoms with van der Waals surface area (Å²) in [6.07, 6.45) is -2.03. The highest BCUT2D eigenvalue weighted by Gasteiger charge is 2.50. The van der Waals surface area contributed by atoms with E-state index in [0.717, 1.165) is 17.0 Å². The Kier molecular flexibility index (Phi) is 8.03. The van der Waals surface area contributed by atoms with Crippen LogP contribution in [-0.2, 0) is 21.3 Å². The molecule has 15 heteroatoms. The normalized spacial score (nSPS) is 21.4. The third-order valence-electron chi connectivity index (χ3n) is 10.1. The Bertz CT molecular complexity index is 2240. The molecule has 8 rings (SSSR count). The van der Waals surface area contributed by atoms with Crippen LogP contribution in [0.25, 0.3) is 22.1 Å². The van der Waals surface area contributed by atoms with Crippen LogP contribution >= 0.6 is 0 Å². The van der Waals surface area contributed by atoms with Crippen LogP contribution in [0.3, 0.4) is 0 Å².